The number of anilines is 1. The van der Waals surface area contributed by atoms with Crippen molar-refractivity contribution in [1.29, 1.82) is 0 Å². The van der Waals surface area contributed by atoms with E-state index in [1.165, 1.54) is 17.0 Å². The van der Waals surface area contributed by atoms with Gasteiger partial charge in [0.25, 0.3) is 0 Å². The molecule has 0 saturated heterocycles. The van der Waals surface area contributed by atoms with Crippen LogP contribution in [0.3, 0.4) is 0 Å². The van der Waals surface area contributed by atoms with Crippen molar-refractivity contribution in [3.05, 3.63) is 17.9 Å². The summed E-state index contributed by atoms with van der Waals surface area (Å²) >= 11 is 1.02. The van der Waals surface area contributed by atoms with Crippen LogP contribution in [-0.2, 0) is 4.74 Å². The standard InChI is InChI=1S/C15H19FN2O3S/c1-5-8-18(14(20)21-15(2,3)4)13-17-9-6-7-10(19)11(16)12(9)22-13/h6-7,19H,5,8H2,1-4H3. The van der Waals surface area contributed by atoms with E-state index >= 15 is 0 Å². The third-order valence-electron chi connectivity index (χ3n) is 2.76. The molecule has 0 unspecified atom stereocenters. The fraction of sp³-hybridized carbons (Fsp3) is 0.467. The smallest absolute Gasteiger partial charge is 0.416 e. The molecule has 120 valence electrons. The highest BCUT2D eigenvalue weighted by atomic mass is 32.1. The molecule has 2 rings (SSSR count). The zero-order chi connectivity index (χ0) is 16.5. The Labute approximate surface area is 132 Å². The summed E-state index contributed by atoms with van der Waals surface area (Å²) in [5, 5.41) is 9.79. The molecule has 0 atom stereocenters. The Morgan fingerprint density at radius 3 is 2.73 bits per heavy atom. The maximum absolute atomic E-state index is 13.9. The summed E-state index contributed by atoms with van der Waals surface area (Å²) in [5.41, 5.74) is -0.219. The Morgan fingerprint density at radius 1 is 1.45 bits per heavy atom. The summed E-state index contributed by atoms with van der Waals surface area (Å²) < 4.78 is 19.5. The van der Waals surface area contributed by atoms with Crippen molar-refractivity contribution < 1.29 is 19.0 Å². The number of ether oxygens (including phenoxy) is 1. The van der Waals surface area contributed by atoms with E-state index < -0.39 is 23.3 Å². The number of phenolic OH excluding ortho intramolecular Hbond substituents is 1. The number of aromatic nitrogens is 1. The molecule has 1 aromatic carbocycles. The zero-order valence-corrected chi connectivity index (χ0v) is 13.8. The number of rotatable bonds is 3. The van der Waals surface area contributed by atoms with Crippen LogP contribution in [0.4, 0.5) is 14.3 Å². The second-order valence-corrected chi connectivity index (χ2v) is 6.85. The Morgan fingerprint density at radius 2 is 2.14 bits per heavy atom. The van der Waals surface area contributed by atoms with Crippen LogP contribution < -0.4 is 4.90 Å². The summed E-state index contributed by atoms with van der Waals surface area (Å²) in [6, 6.07) is 2.77. The highest BCUT2D eigenvalue weighted by Gasteiger charge is 2.26. The van der Waals surface area contributed by atoms with Crippen LogP contribution in [0.25, 0.3) is 10.2 Å². The molecule has 7 heteroatoms. The van der Waals surface area contributed by atoms with Gasteiger partial charge in [-0.05, 0) is 39.3 Å². The molecule has 22 heavy (non-hydrogen) atoms. The molecule has 0 aliphatic rings. The minimum atomic E-state index is -0.720. The normalized spacial score (nSPS) is 11.7. The minimum absolute atomic E-state index is 0.222. The highest BCUT2D eigenvalue weighted by molar-refractivity contribution is 7.22. The first-order chi connectivity index (χ1) is 10.2. The van der Waals surface area contributed by atoms with Crippen molar-refractivity contribution in [2.45, 2.75) is 39.7 Å². The molecule has 1 heterocycles. The van der Waals surface area contributed by atoms with Crippen molar-refractivity contribution in [2.24, 2.45) is 0 Å². The highest BCUT2D eigenvalue weighted by Crippen LogP contribution is 2.34. The molecule has 5 nitrogen and oxygen atoms in total. The predicted octanol–water partition coefficient (Wildman–Crippen LogP) is 4.29. The van der Waals surface area contributed by atoms with Crippen molar-refractivity contribution in [1.82, 2.24) is 4.98 Å². The van der Waals surface area contributed by atoms with Gasteiger partial charge in [-0.3, -0.25) is 4.90 Å². The van der Waals surface area contributed by atoms with Gasteiger partial charge in [0, 0.05) is 6.54 Å². The van der Waals surface area contributed by atoms with Crippen molar-refractivity contribution in [2.75, 3.05) is 11.4 Å². The van der Waals surface area contributed by atoms with E-state index in [9.17, 15) is 14.3 Å². The summed E-state index contributed by atoms with van der Waals surface area (Å²) in [6.07, 6.45) is 0.196. The molecule has 2 aromatic rings. The lowest BCUT2D eigenvalue weighted by Gasteiger charge is -2.25. The van der Waals surface area contributed by atoms with Crippen LogP contribution >= 0.6 is 11.3 Å². The summed E-state index contributed by atoms with van der Waals surface area (Å²) in [5.74, 6) is -1.15. The second kappa shape index (κ2) is 6.08. The molecule has 1 amide bonds. The van der Waals surface area contributed by atoms with Crippen LogP contribution in [-0.4, -0.2) is 28.3 Å². The SMILES string of the molecule is CCCN(C(=O)OC(C)(C)C)c1nc2ccc(O)c(F)c2s1. The molecule has 0 radical (unpaired) electrons. The van der Waals surface area contributed by atoms with Gasteiger partial charge in [-0.25, -0.2) is 14.2 Å². The largest absolute Gasteiger partial charge is 0.505 e. The maximum Gasteiger partial charge on any atom is 0.416 e. The van der Waals surface area contributed by atoms with Gasteiger partial charge < -0.3 is 9.84 Å². The number of aromatic hydroxyl groups is 1. The van der Waals surface area contributed by atoms with Crippen LogP contribution in [0.1, 0.15) is 34.1 Å². The first-order valence-electron chi connectivity index (χ1n) is 7.01. The Bertz CT molecular complexity index is 694. The average molecular weight is 326 g/mol. The van der Waals surface area contributed by atoms with Gasteiger partial charge in [-0.15, -0.1) is 0 Å². The number of halogens is 1. The first-order valence-corrected chi connectivity index (χ1v) is 7.83. The molecular formula is C15H19FN2O3S. The van der Waals surface area contributed by atoms with Crippen LogP contribution in [0, 0.1) is 5.82 Å². The summed E-state index contributed by atoms with van der Waals surface area (Å²) in [6.45, 7) is 7.70. The van der Waals surface area contributed by atoms with Crippen molar-refractivity contribution in [3.63, 3.8) is 0 Å². The quantitative estimate of drug-likeness (QED) is 0.914. The van der Waals surface area contributed by atoms with Crippen LogP contribution in [0.15, 0.2) is 12.1 Å². The van der Waals surface area contributed by atoms with Crippen molar-refractivity contribution in [3.8, 4) is 5.75 Å². The number of hydrogen-bond acceptors (Lipinski definition) is 5. The minimum Gasteiger partial charge on any atom is -0.505 e. The number of thiazole rings is 1. The fourth-order valence-electron chi connectivity index (χ4n) is 1.86. The van der Waals surface area contributed by atoms with Gasteiger partial charge in [-0.2, -0.15) is 0 Å². The van der Waals surface area contributed by atoms with Gasteiger partial charge in [0.1, 0.15) is 5.60 Å². The lowest BCUT2D eigenvalue weighted by molar-refractivity contribution is 0.0580. The fourth-order valence-corrected chi connectivity index (χ4v) is 2.87. The lowest BCUT2D eigenvalue weighted by atomic mass is 10.2. The molecular weight excluding hydrogens is 307 g/mol. The lowest BCUT2D eigenvalue weighted by Crippen LogP contribution is -2.37. The molecule has 0 aliphatic carbocycles. The van der Waals surface area contributed by atoms with Crippen molar-refractivity contribution >= 4 is 32.8 Å². The van der Waals surface area contributed by atoms with Gasteiger partial charge in [0.15, 0.2) is 16.7 Å². The predicted molar refractivity (Wildman–Crippen MR) is 85.1 cm³/mol. The molecule has 1 N–H and O–H groups in total. The number of benzene rings is 1. The van der Waals surface area contributed by atoms with E-state index in [2.05, 4.69) is 4.98 Å². The van der Waals surface area contributed by atoms with E-state index in [-0.39, 0.29) is 4.70 Å². The molecule has 0 saturated carbocycles. The zero-order valence-electron chi connectivity index (χ0n) is 13.0. The molecule has 0 bridgehead atoms. The van der Waals surface area contributed by atoms with E-state index in [0.29, 0.717) is 23.6 Å². The number of phenols is 1. The van der Waals surface area contributed by atoms with Gasteiger partial charge >= 0.3 is 6.09 Å². The number of amides is 1. The third-order valence-corrected chi connectivity index (χ3v) is 3.84. The van der Waals surface area contributed by atoms with Gasteiger partial charge in [-0.1, -0.05) is 18.3 Å². The number of hydrogen-bond donors (Lipinski definition) is 1. The molecule has 1 aromatic heterocycles. The third kappa shape index (κ3) is 3.47. The monoisotopic (exact) mass is 326 g/mol. The number of nitrogens with zero attached hydrogens (tertiary/aromatic N) is 2. The number of carbonyl (C=O) groups excluding carboxylic acids is 1. The van der Waals surface area contributed by atoms with Crippen LogP contribution in [0.2, 0.25) is 0 Å². The van der Waals surface area contributed by atoms with E-state index in [1.807, 2.05) is 6.92 Å². The number of carbonyl (C=O) groups is 1. The van der Waals surface area contributed by atoms with E-state index in [0.717, 1.165) is 11.3 Å². The second-order valence-electron chi connectivity index (χ2n) is 5.88. The Balaban J connectivity index is 2.40. The molecule has 0 aliphatic heterocycles. The number of fused-ring (bicyclic) bond motifs is 1. The topological polar surface area (TPSA) is 62.7 Å². The van der Waals surface area contributed by atoms with E-state index in [4.69, 9.17) is 4.74 Å². The van der Waals surface area contributed by atoms with Crippen LogP contribution in [0.5, 0.6) is 5.75 Å². The van der Waals surface area contributed by atoms with Gasteiger partial charge in [0.05, 0.1) is 10.2 Å². The maximum atomic E-state index is 13.9. The first kappa shape index (κ1) is 16.5. The molecule has 0 spiro atoms. The molecule has 0 fully saturated rings. The average Bonchev–Trinajstić information content (AvgIpc) is 2.82. The summed E-state index contributed by atoms with van der Waals surface area (Å²) in [7, 11) is 0. The Kier molecular flexibility index (Phi) is 4.55. The Hall–Kier alpha value is -1.89. The van der Waals surface area contributed by atoms with E-state index in [1.54, 1.807) is 20.8 Å². The van der Waals surface area contributed by atoms with Gasteiger partial charge in [0.2, 0.25) is 0 Å². The summed E-state index contributed by atoms with van der Waals surface area (Å²) in [4.78, 5) is 18.0.